The molecule has 0 unspecified atom stereocenters. The highest BCUT2D eigenvalue weighted by molar-refractivity contribution is 6.17. The van der Waals surface area contributed by atoms with Gasteiger partial charge < -0.3 is 4.74 Å². The van der Waals surface area contributed by atoms with Crippen molar-refractivity contribution in [3.8, 4) is 5.75 Å². The Bertz CT molecular complexity index is 284. The van der Waals surface area contributed by atoms with Gasteiger partial charge in [0.2, 0.25) is 0 Å². The van der Waals surface area contributed by atoms with Crippen LogP contribution in [0.4, 0.5) is 0 Å². The number of rotatable bonds is 5. The molecule has 14 heavy (non-hydrogen) atoms. The Labute approximate surface area is 91.0 Å². The van der Waals surface area contributed by atoms with Crippen molar-refractivity contribution in [2.75, 3.05) is 12.5 Å². The first-order valence-corrected chi connectivity index (χ1v) is 5.59. The van der Waals surface area contributed by atoms with Crippen LogP contribution in [-0.2, 0) is 6.42 Å². The van der Waals surface area contributed by atoms with E-state index in [1.165, 1.54) is 11.1 Å². The topological polar surface area (TPSA) is 9.23 Å². The molecule has 0 saturated carbocycles. The number of hydrogen-bond acceptors (Lipinski definition) is 1. The van der Waals surface area contributed by atoms with Gasteiger partial charge in [-0.25, -0.2) is 0 Å². The minimum atomic E-state index is 0.708. The van der Waals surface area contributed by atoms with E-state index in [9.17, 15) is 0 Å². The molecule has 0 aliphatic carbocycles. The second kappa shape index (κ2) is 5.92. The second-order valence-electron chi connectivity index (χ2n) is 3.34. The molecular weight excluding hydrogens is 196 g/mol. The first-order valence-electron chi connectivity index (χ1n) is 5.06. The van der Waals surface area contributed by atoms with Gasteiger partial charge in [0.15, 0.2) is 0 Å². The Morgan fingerprint density at radius 3 is 2.79 bits per heavy atom. The lowest BCUT2D eigenvalue weighted by Gasteiger charge is -2.10. The van der Waals surface area contributed by atoms with Crippen LogP contribution in [0.2, 0.25) is 0 Å². The van der Waals surface area contributed by atoms with Gasteiger partial charge in [-0.1, -0.05) is 17.7 Å². The molecule has 0 atom stereocenters. The lowest BCUT2D eigenvalue weighted by Crippen LogP contribution is -1.97. The Kier molecular flexibility index (Phi) is 4.81. The predicted octanol–water partition coefficient (Wildman–Crippen LogP) is 3.57. The molecule has 1 aromatic rings. The minimum Gasteiger partial charge on any atom is -0.494 e. The van der Waals surface area contributed by atoms with Crippen molar-refractivity contribution >= 4 is 11.6 Å². The summed E-state index contributed by atoms with van der Waals surface area (Å²) in [7, 11) is 0. The fourth-order valence-electron chi connectivity index (χ4n) is 1.46. The largest absolute Gasteiger partial charge is 0.494 e. The highest BCUT2D eigenvalue weighted by Gasteiger charge is 2.02. The fraction of sp³-hybridized carbons (Fsp3) is 0.500. The lowest BCUT2D eigenvalue weighted by atomic mass is 10.1. The predicted molar refractivity (Wildman–Crippen MR) is 61.4 cm³/mol. The van der Waals surface area contributed by atoms with Gasteiger partial charge in [-0.3, -0.25) is 0 Å². The zero-order valence-electron chi connectivity index (χ0n) is 8.85. The minimum absolute atomic E-state index is 0.708. The van der Waals surface area contributed by atoms with Crippen LogP contribution in [0.1, 0.15) is 24.5 Å². The Morgan fingerprint density at radius 2 is 2.14 bits per heavy atom. The summed E-state index contributed by atoms with van der Waals surface area (Å²) in [5.74, 6) is 1.71. The smallest absolute Gasteiger partial charge is 0.122 e. The Balaban J connectivity index is 2.79. The number of alkyl halides is 1. The number of ether oxygens (including phenoxy) is 1. The third kappa shape index (κ3) is 3.22. The third-order valence-electron chi connectivity index (χ3n) is 2.10. The maximum absolute atomic E-state index is 5.68. The van der Waals surface area contributed by atoms with E-state index in [1.54, 1.807) is 0 Å². The summed E-state index contributed by atoms with van der Waals surface area (Å²) in [6.07, 6.45) is 2.01. The van der Waals surface area contributed by atoms with Crippen molar-refractivity contribution in [3.05, 3.63) is 29.3 Å². The van der Waals surface area contributed by atoms with Crippen molar-refractivity contribution < 1.29 is 4.74 Å². The molecule has 1 rings (SSSR count). The van der Waals surface area contributed by atoms with Gasteiger partial charge in [0.05, 0.1) is 6.61 Å². The quantitative estimate of drug-likeness (QED) is 0.679. The van der Waals surface area contributed by atoms with E-state index in [0.717, 1.165) is 25.2 Å². The highest BCUT2D eigenvalue weighted by atomic mass is 35.5. The van der Waals surface area contributed by atoms with Gasteiger partial charge in [0, 0.05) is 5.88 Å². The summed E-state index contributed by atoms with van der Waals surface area (Å²) in [5.41, 5.74) is 2.55. The summed E-state index contributed by atoms with van der Waals surface area (Å²) in [4.78, 5) is 0. The molecular formula is C12H17ClO. The van der Waals surface area contributed by atoms with E-state index >= 15 is 0 Å². The van der Waals surface area contributed by atoms with Gasteiger partial charge >= 0.3 is 0 Å². The molecule has 0 aromatic heterocycles. The van der Waals surface area contributed by atoms with E-state index in [-0.39, 0.29) is 0 Å². The molecule has 0 spiro atoms. The Hall–Kier alpha value is -0.690. The van der Waals surface area contributed by atoms with Crippen LogP contribution < -0.4 is 4.74 Å². The van der Waals surface area contributed by atoms with E-state index in [2.05, 4.69) is 19.1 Å². The highest BCUT2D eigenvalue weighted by Crippen LogP contribution is 2.21. The van der Waals surface area contributed by atoms with Gasteiger partial charge in [-0.05, 0) is 38.3 Å². The second-order valence-corrected chi connectivity index (χ2v) is 3.71. The average Bonchev–Trinajstić information content (AvgIpc) is 2.18. The summed E-state index contributed by atoms with van der Waals surface area (Å²) in [6.45, 7) is 4.82. The van der Waals surface area contributed by atoms with Crippen LogP contribution in [-0.4, -0.2) is 12.5 Å². The van der Waals surface area contributed by atoms with Crippen LogP contribution in [0.5, 0.6) is 5.75 Å². The van der Waals surface area contributed by atoms with Gasteiger partial charge in [-0.15, -0.1) is 11.6 Å². The molecule has 0 saturated heterocycles. The first-order chi connectivity index (χ1) is 6.77. The summed E-state index contributed by atoms with van der Waals surface area (Å²) < 4.78 is 5.55. The lowest BCUT2D eigenvalue weighted by molar-refractivity contribution is 0.336. The van der Waals surface area contributed by atoms with Gasteiger partial charge in [0.1, 0.15) is 5.75 Å². The van der Waals surface area contributed by atoms with E-state index in [4.69, 9.17) is 16.3 Å². The fourth-order valence-corrected chi connectivity index (χ4v) is 1.59. The SMILES string of the molecule is CCOc1ccc(C)cc1CCCCl. The van der Waals surface area contributed by atoms with E-state index in [1.807, 2.05) is 13.0 Å². The number of halogens is 1. The van der Waals surface area contributed by atoms with Crippen LogP contribution in [0, 0.1) is 6.92 Å². The monoisotopic (exact) mass is 212 g/mol. The number of aryl methyl sites for hydroxylation is 2. The van der Waals surface area contributed by atoms with Crippen molar-refractivity contribution in [2.24, 2.45) is 0 Å². The molecule has 0 N–H and O–H groups in total. The molecule has 0 amide bonds. The molecule has 1 aromatic carbocycles. The maximum atomic E-state index is 5.68. The van der Waals surface area contributed by atoms with Gasteiger partial charge in [0.25, 0.3) is 0 Å². The van der Waals surface area contributed by atoms with Crippen molar-refractivity contribution in [2.45, 2.75) is 26.7 Å². The van der Waals surface area contributed by atoms with Crippen LogP contribution in [0.3, 0.4) is 0 Å². The normalized spacial score (nSPS) is 10.2. The molecule has 2 heteroatoms. The van der Waals surface area contributed by atoms with Gasteiger partial charge in [-0.2, -0.15) is 0 Å². The van der Waals surface area contributed by atoms with Crippen LogP contribution in [0.25, 0.3) is 0 Å². The summed E-state index contributed by atoms with van der Waals surface area (Å²) >= 11 is 5.68. The Morgan fingerprint density at radius 1 is 1.36 bits per heavy atom. The zero-order chi connectivity index (χ0) is 10.4. The van der Waals surface area contributed by atoms with Crippen molar-refractivity contribution in [1.29, 1.82) is 0 Å². The number of hydrogen-bond donors (Lipinski definition) is 0. The van der Waals surface area contributed by atoms with E-state index in [0.29, 0.717) is 5.88 Å². The molecule has 0 aliphatic rings. The summed E-state index contributed by atoms with van der Waals surface area (Å²) in [5, 5.41) is 0. The van der Waals surface area contributed by atoms with Crippen molar-refractivity contribution in [1.82, 2.24) is 0 Å². The maximum Gasteiger partial charge on any atom is 0.122 e. The van der Waals surface area contributed by atoms with Crippen LogP contribution in [0.15, 0.2) is 18.2 Å². The standard InChI is InChI=1S/C12H17ClO/c1-3-14-12-7-6-10(2)9-11(12)5-4-8-13/h6-7,9H,3-5,8H2,1-2H3. The zero-order valence-corrected chi connectivity index (χ0v) is 9.60. The number of benzene rings is 1. The first kappa shape index (κ1) is 11.4. The molecule has 0 fully saturated rings. The molecule has 78 valence electrons. The molecule has 0 radical (unpaired) electrons. The molecule has 0 bridgehead atoms. The molecule has 1 nitrogen and oxygen atoms in total. The molecule has 0 heterocycles. The average molecular weight is 213 g/mol. The third-order valence-corrected chi connectivity index (χ3v) is 2.36. The summed E-state index contributed by atoms with van der Waals surface area (Å²) in [6, 6.07) is 6.30. The molecule has 0 aliphatic heterocycles. The van der Waals surface area contributed by atoms with Crippen molar-refractivity contribution in [3.63, 3.8) is 0 Å². The van der Waals surface area contributed by atoms with Crippen LogP contribution >= 0.6 is 11.6 Å². The van der Waals surface area contributed by atoms with E-state index < -0.39 is 0 Å².